The fourth-order valence-electron chi connectivity index (χ4n) is 4.23. The minimum atomic E-state index is -1.11. The zero-order valence-corrected chi connectivity index (χ0v) is 21.2. The first-order valence-electron chi connectivity index (χ1n) is 11.3. The number of ether oxygens (including phenoxy) is 1. The molecule has 0 aliphatic heterocycles. The van der Waals surface area contributed by atoms with Crippen molar-refractivity contribution in [3.63, 3.8) is 0 Å². The number of halogens is 1. The molecule has 0 spiro atoms. The number of hydrogen-bond donors (Lipinski definition) is 3. The maximum absolute atomic E-state index is 12.5. The van der Waals surface area contributed by atoms with Crippen molar-refractivity contribution < 1.29 is 24.2 Å². The maximum atomic E-state index is 12.5. The number of carboxylic acid groups (broad SMARTS) is 1. The summed E-state index contributed by atoms with van der Waals surface area (Å²) in [5, 5.41) is 14.7. The molecule has 0 saturated heterocycles. The van der Waals surface area contributed by atoms with Crippen LogP contribution in [0.25, 0.3) is 11.1 Å². The zero-order valence-electron chi connectivity index (χ0n) is 19.1. The molecule has 35 heavy (non-hydrogen) atoms. The summed E-state index contributed by atoms with van der Waals surface area (Å²) in [4.78, 5) is 36.3. The van der Waals surface area contributed by atoms with E-state index in [1.165, 1.54) is 6.07 Å². The van der Waals surface area contributed by atoms with Crippen LogP contribution in [-0.2, 0) is 9.53 Å². The van der Waals surface area contributed by atoms with Gasteiger partial charge in [0, 0.05) is 22.0 Å². The van der Waals surface area contributed by atoms with Crippen LogP contribution < -0.4 is 10.6 Å². The number of nitrogens with one attached hydrogen (secondary N) is 2. The fraction of sp³-hybridized carbons (Fsp3) is 0.222. The van der Waals surface area contributed by atoms with Crippen LogP contribution in [0.5, 0.6) is 0 Å². The molecule has 1 aliphatic carbocycles. The number of alkyl carbamates (subject to hydrolysis) is 1. The normalized spacial score (nSPS) is 12.9. The monoisotopic (exact) mass is 584 g/mol. The van der Waals surface area contributed by atoms with E-state index in [1.807, 2.05) is 46.9 Å². The molecule has 0 bridgehead atoms. The molecule has 1 atom stereocenters. The van der Waals surface area contributed by atoms with Crippen LogP contribution in [0.1, 0.15) is 40.7 Å². The molecule has 0 aromatic heterocycles. The van der Waals surface area contributed by atoms with Crippen LogP contribution in [0.3, 0.4) is 0 Å². The molecule has 0 radical (unpaired) electrons. The van der Waals surface area contributed by atoms with Crippen molar-refractivity contribution in [2.24, 2.45) is 5.92 Å². The lowest BCUT2D eigenvalue weighted by atomic mass is 9.98. The second kappa shape index (κ2) is 10.9. The minimum Gasteiger partial charge on any atom is -0.478 e. The topological polar surface area (TPSA) is 105 Å². The summed E-state index contributed by atoms with van der Waals surface area (Å²) >= 11 is 2.02. The van der Waals surface area contributed by atoms with Crippen LogP contribution in [0.4, 0.5) is 10.5 Å². The van der Waals surface area contributed by atoms with Crippen molar-refractivity contribution in [2.45, 2.75) is 19.3 Å². The highest BCUT2D eigenvalue weighted by atomic mass is 127. The van der Waals surface area contributed by atoms with E-state index < -0.39 is 18.0 Å². The van der Waals surface area contributed by atoms with Crippen molar-refractivity contribution in [3.8, 4) is 11.1 Å². The number of anilines is 1. The summed E-state index contributed by atoms with van der Waals surface area (Å²) in [5.74, 6) is -1.88. The summed E-state index contributed by atoms with van der Waals surface area (Å²) in [5.41, 5.74) is 4.90. The number of rotatable bonds is 8. The highest BCUT2D eigenvalue weighted by Crippen LogP contribution is 2.44. The summed E-state index contributed by atoms with van der Waals surface area (Å²) in [7, 11) is 0. The van der Waals surface area contributed by atoms with Gasteiger partial charge in [-0.2, -0.15) is 0 Å². The van der Waals surface area contributed by atoms with Gasteiger partial charge in [-0.15, -0.1) is 0 Å². The quantitative estimate of drug-likeness (QED) is 0.304. The van der Waals surface area contributed by atoms with Gasteiger partial charge in [-0.3, -0.25) is 4.79 Å². The van der Waals surface area contributed by atoms with Crippen molar-refractivity contribution in [1.29, 1.82) is 0 Å². The van der Waals surface area contributed by atoms with Gasteiger partial charge in [0.25, 0.3) is 0 Å². The fourth-order valence-corrected chi connectivity index (χ4v) is 4.72. The van der Waals surface area contributed by atoms with E-state index in [1.54, 1.807) is 19.1 Å². The number of fused-ring (bicyclic) bond motifs is 3. The Labute approximate surface area is 217 Å². The Bertz CT molecular complexity index is 1230. The molecule has 3 N–H and O–H groups in total. The van der Waals surface area contributed by atoms with E-state index in [-0.39, 0.29) is 36.2 Å². The smallest absolute Gasteiger partial charge is 0.407 e. The van der Waals surface area contributed by atoms with Gasteiger partial charge in [0.05, 0.1) is 11.3 Å². The van der Waals surface area contributed by atoms with Crippen LogP contribution in [0.15, 0.2) is 66.7 Å². The van der Waals surface area contributed by atoms with Crippen molar-refractivity contribution >= 4 is 46.2 Å². The summed E-state index contributed by atoms with van der Waals surface area (Å²) in [6.45, 7) is 2.20. The summed E-state index contributed by atoms with van der Waals surface area (Å²) in [6.07, 6.45) is -0.159. The van der Waals surface area contributed by atoms with Gasteiger partial charge in [0.2, 0.25) is 5.91 Å². The highest BCUT2D eigenvalue weighted by Gasteiger charge is 2.29. The van der Waals surface area contributed by atoms with Crippen molar-refractivity contribution in [1.82, 2.24) is 5.32 Å². The third kappa shape index (κ3) is 5.64. The van der Waals surface area contributed by atoms with Gasteiger partial charge in [-0.05, 0) is 69.5 Å². The Morgan fingerprint density at radius 2 is 1.63 bits per heavy atom. The Balaban J connectivity index is 1.26. The van der Waals surface area contributed by atoms with Gasteiger partial charge in [0.1, 0.15) is 6.61 Å². The second-order valence-electron chi connectivity index (χ2n) is 8.43. The predicted octanol–water partition coefficient (Wildman–Crippen LogP) is 5.49. The van der Waals surface area contributed by atoms with E-state index in [0.29, 0.717) is 6.42 Å². The predicted molar refractivity (Wildman–Crippen MR) is 142 cm³/mol. The molecule has 3 aromatic carbocycles. The van der Waals surface area contributed by atoms with Crippen molar-refractivity contribution in [2.75, 3.05) is 18.5 Å². The summed E-state index contributed by atoms with van der Waals surface area (Å²) in [6, 6.07) is 21.1. The molecule has 8 heteroatoms. The SMILES string of the molecule is CC(CCNC(=O)OCC1c2ccccc2-c2ccccc21)C(=O)Nc1ccc(I)cc1C(=O)O. The molecular weight excluding hydrogens is 559 g/mol. The zero-order chi connectivity index (χ0) is 24.9. The van der Waals surface area contributed by atoms with E-state index >= 15 is 0 Å². The number of carbonyl (C=O) groups excluding carboxylic acids is 2. The van der Waals surface area contributed by atoms with Gasteiger partial charge in [-0.1, -0.05) is 55.5 Å². The molecule has 1 aliphatic rings. The molecule has 2 amide bonds. The molecular formula is C27H25IN2O5. The van der Waals surface area contributed by atoms with Crippen LogP contribution >= 0.6 is 22.6 Å². The lowest BCUT2D eigenvalue weighted by Gasteiger charge is -2.16. The molecule has 180 valence electrons. The first-order valence-corrected chi connectivity index (χ1v) is 12.4. The minimum absolute atomic E-state index is 0.0183. The lowest BCUT2D eigenvalue weighted by molar-refractivity contribution is -0.119. The number of benzene rings is 3. The van der Waals surface area contributed by atoms with Crippen molar-refractivity contribution in [3.05, 3.63) is 87.0 Å². The molecule has 0 saturated carbocycles. The van der Waals surface area contributed by atoms with E-state index in [2.05, 4.69) is 34.9 Å². The first kappa shape index (κ1) is 24.7. The standard InChI is InChI=1S/C27H25IN2O5/c1-16(25(31)30-24-11-10-17(28)14-22(24)26(32)33)12-13-29-27(34)35-15-23-20-8-4-2-6-18(20)19-7-3-5-9-21(19)23/h2-11,14,16,23H,12-13,15H2,1H3,(H,29,34)(H,30,31)(H,32,33). The number of carboxylic acids is 1. The first-order chi connectivity index (χ1) is 16.8. The van der Waals surface area contributed by atoms with Gasteiger partial charge < -0.3 is 20.5 Å². The Morgan fingerprint density at radius 3 is 2.26 bits per heavy atom. The maximum Gasteiger partial charge on any atom is 0.407 e. The average Bonchev–Trinajstić information content (AvgIpc) is 3.17. The third-order valence-corrected chi connectivity index (χ3v) is 6.78. The molecule has 0 fully saturated rings. The number of aromatic carboxylic acids is 1. The third-order valence-electron chi connectivity index (χ3n) is 6.11. The van der Waals surface area contributed by atoms with E-state index in [4.69, 9.17) is 4.74 Å². The van der Waals surface area contributed by atoms with Crippen LogP contribution in [0.2, 0.25) is 0 Å². The number of amides is 2. The Morgan fingerprint density at radius 1 is 1.00 bits per heavy atom. The second-order valence-corrected chi connectivity index (χ2v) is 9.67. The Hall–Kier alpha value is -3.40. The highest BCUT2D eigenvalue weighted by molar-refractivity contribution is 14.1. The van der Waals surface area contributed by atoms with E-state index in [0.717, 1.165) is 25.8 Å². The molecule has 0 heterocycles. The molecule has 3 aromatic rings. The number of hydrogen-bond acceptors (Lipinski definition) is 4. The van der Waals surface area contributed by atoms with Crippen LogP contribution in [-0.4, -0.2) is 36.2 Å². The van der Waals surface area contributed by atoms with E-state index in [9.17, 15) is 19.5 Å². The van der Waals surface area contributed by atoms with Gasteiger partial charge in [0.15, 0.2) is 0 Å². The number of carbonyl (C=O) groups is 3. The van der Waals surface area contributed by atoms with Gasteiger partial charge >= 0.3 is 12.1 Å². The average molecular weight is 584 g/mol. The van der Waals surface area contributed by atoms with Gasteiger partial charge in [-0.25, -0.2) is 9.59 Å². The Kier molecular flexibility index (Phi) is 7.70. The summed E-state index contributed by atoms with van der Waals surface area (Å²) < 4.78 is 6.28. The largest absolute Gasteiger partial charge is 0.478 e. The molecule has 7 nitrogen and oxygen atoms in total. The molecule has 1 unspecified atom stereocenters. The van der Waals surface area contributed by atoms with Crippen LogP contribution in [0, 0.1) is 9.49 Å². The lowest BCUT2D eigenvalue weighted by Crippen LogP contribution is -2.30. The molecule has 4 rings (SSSR count).